The zero-order chi connectivity index (χ0) is 23.3. The van der Waals surface area contributed by atoms with Crippen LogP contribution < -0.4 is 0 Å². The molecule has 0 aliphatic heterocycles. The number of carboxylic acids is 1. The van der Waals surface area contributed by atoms with E-state index in [9.17, 15) is 15.0 Å². The summed E-state index contributed by atoms with van der Waals surface area (Å²) in [5, 5.41) is 18.8. The number of hydrogen-bond acceptors (Lipinski definition) is 2. The van der Waals surface area contributed by atoms with Crippen LogP contribution in [0.3, 0.4) is 0 Å². The van der Waals surface area contributed by atoms with Gasteiger partial charge in [-0.25, -0.2) is 4.79 Å². The summed E-state index contributed by atoms with van der Waals surface area (Å²) in [7, 11) is 0. The Kier molecular flexibility index (Phi) is 17.9. The molecule has 0 bridgehead atoms. The fourth-order valence-corrected chi connectivity index (χ4v) is 4.57. The van der Waals surface area contributed by atoms with Gasteiger partial charge in [0.1, 0.15) is 5.75 Å². The van der Waals surface area contributed by atoms with Crippen LogP contribution in [-0.4, -0.2) is 16.2 Å². The maximum Gasteiger partial charge on any atom is 0.335 e. The summed E-state index contributed by atoms with van der Waals surface area (Å²) < 4.78 is 0. The molecule has 184 valence electrons. The highest BCUT2D eigenvalue weighted by molar-refractivity contribution is 5.89. The number of hydrogen-bond donors (Lipinski definition) is 2. The van der Waals surface area contributed by atoms with Crippen molar-refractivity contribution in [3.8, 4) is 5.75 Å². The minimum absolute atomic E-state index is 0.151. The van der Waals surface area contributed by atoms with Crippen molar-refractivity contribution in [1.82, 2.24) is 0 Å². The smallest absolute Gasteiger partial charge is 0.335 e. The normalized spacial score (nSPS) is 11.2. The Morgan fingerprint density at radius 1 is 0.625 bits per heavy atom. The van der Waals surface area contributed by atoms with Crippen LogP contribution in [0, 0.1) is 0 Å². The Labute approximate surface area is 198 Å². The largest absolute Gasteiger partial charge is 0.508 e. The second kappa shape index (κ2) is 20.1. The monoisotopic (exact) mass is 446 g/mol. The molecule has 0 atom stereocenters. The molecule has 0 amide bonds. The Morgan fingerprint density at radius 2 is 1.00 bits per heavy atom. The molecule has 32 heavy (non-hydrogen) atoms. The van der Waals surface area contributed by atoms with Gasteiger partial charge >= 0.3 is 5.97 Å². The molecule has 0 radical (unpaired) electrons. The Hall–Kier alpha value is -1.51. The van der Waals surface area contributed by atoms with E-state index in [1.807, 2.05) is 0 Å². The molecule has 0 unspecified atom stereocenters. The van der Waals surface area contributed by atoms with Crippen LogP contribution in [0.2, 0.25) is 0 Å². The number of rotatable bonds is 22. The predicted octanol–water partition coefficient (Wildman–Crippen LogP) is 9.45. The van der Waals surface area contributed by atoms with Crippen LogP contribution in [-0.2, 0) is 6.42 Å². The maximum atomic E-state index is 11.3. The fourth-order valence-electron chi connectivity index (χ4n) is 4.57. The summed E-state index contributed by atoms with van der Waals surface area (Å²) in [6.45, 7) is 2.28. The molecular formula is C29H50O3. The highest BCUT2D eigenvalue weighted by atomic mass is 16.4. The summed E-state index contributed by atoms with van der Waals surface area (Å²) in [6.07, 6.45) is 27.9. The van der Waals surface area contributed by atoms with Gasteiger partial charge in [-0.3, -0.25) is 0 Å². The zero-order valence-electron chi connectivity index (χ0n) is 20.9. The quantitative estimate of drug-likeness (QED) is 0.174. The third-order valence-electron chi connectivity index (χ3n) is 6.62. The molecule has 0 saturated heterocycles. The Bertz CT molecular complexity index is 582. The molecule has 0 heterocycles. The van der Waals surface area contributed by atoms with Crippen molar-refractivity contribution in [3.63, 3.8) is 0 Å². The van der Waals surface area contributed by atoms with Crippen molar-refractivity contribution >= 4 is 5.97 Å². The molecule has 3 heteroatoms. The van der Waals surface area contributed by atoms with Crippen LogP contribution in [0.1, 0.15) is 151 Å². The first kappa shape index (κ1) is 28.5. The zero-order valence-corrected chi connectivity index (χ0v) is 20.9. The van der Waals surface area contributed by atoms with Crippen molar-refractivity contribution in [2.45, 2.75) is 142 Å². The molecule has 1 aromatic rings. The number of carboxylic acid groups (broad SMARTS) is 1. The van der Waals surface area contributed by atoms with Gasteiger partial charge in [0.2, 0.25) is 0 Å². The van der Waals surface area contributed by atoms with Crippen LogP contribution in [0.15, 0.2) is 18.2 Å². The summed E-state index contributed by atoms with van der Waals surface area (Å²) in [5.74, 6) is -0.758. The Morgan fingerprint density at radius 3 is 1.38 bits per heavy atom. The lowest BCUT2D eigenvalue weighted by Gasteiger charge is -2.07. The SMILES string of the molecule is CCCCCCCCCCCCCCCCCCCCCCc1cc(O)ccc1C(=O)O. The summed E-state index contributed by atoms with van der Waals surface area (Å²) in [5.41, 5.74) is 1.07. The summed E-state index contributed by atoms with van der Waals surface area (Å²) in [6, 6.07) is 4.55. The lowest BCUT2D eigenvalue weighted by atomic mass is 9.99. The van der Waals surface area contributed by atoms with Crippen molar-refractivity contribution in [2.24, 2.45) is 0 Å². The average molecular weight is 447 g/mol. The van der Waals surface area contributed by atoms with E-state index in [1.54, 1.807) is 6.07 Å². The van der Waals surface area contributed by atoms with Crippen LogP contribution >= 0.6 is 0 Å². The topological polar surface area (TPSA) is 57.5 Å². The van der Waals surface area contributed by atoms with Crippen molar-refractivity contribution in [3.05, 3.63) is 29.3 Å². The number of carbonyl (C=O) groups is 1. The molecular weight excluding hydrogens is 396 g/mol. The van der Waals surface area contributed by atoms with E-state index in [0.29, 0.717) is 5.56 Å². The minimum Gasteiger partial charge on any atom is -0.508 e. The standard InChI is InChI=1S/C29H50O3/c1-2-3-4-5-6-7-8-9-10-11-12-13-14-15-16-17-18-19-20-21-22-26-25-27(30)23-24-28(26)29(31)32/h23-25,30H,2-22H2,1H3,(H,31,32). The molecule has 0 aliphatic carbocycles. The number of phenolic OH excluding ortho intramolecular Hbond substituents is 1. The van der Waals surface area contributed by atoms with Crippen molar-refractivity contribution < 1.29 is 15.0 Å². The van der Waals surface area contributed by atoms with Gasteiger partial charge in [-0.15, -0.1) is 0 Å². The van der Waals surface area contributed by atoms with E-state index in [1.165, 1.54) is 128 Å². The fraction of sp³-hybridized carbons (Fsp3) is 0.759. The highest BCUT2D eigenvalue weighted by Gasteiger charge is 2.10. The van der Waals surface area contributed by atoms with Gasteiger partial charge in [0, 0.05) is 0 Å². The van der Waals surface area contributed by atoms with Gasteiger partial charge < -0.3 is 10.2 Å². The second-order valence-electron chi connectivity index (χ2n) is 9.61. The van der Waals surface area contributed by atoms with Crippen LogP contribution in [0.25, 0.3) is 0 Å². The van der Waals surface area contributed by atoms with E-state index in [-0.39, 0.29) is 5.75 Å². The van der Waals surface area contributed by atoms with Gasteiger partial charge in [0.25, 0.3) is 0 Å². The van der Waals surface area contributed by atoms with Gasteiger partial charge in [0.15, 0.2) is 0 Å². The minimum atomic E-state index is -0.909. The summed E-state index contributed by atoms with van der Waals surface area (Å²) >= 11 is 0. The van der Waals surface area contributed by atoms with Crippen molar-refractivity contribution in [1.29, 1.82) is 0 Å². The number of aromatic hydroxyl groups is 1. The Balaban J connectivity index is 1.82. The summed E-state index contributed by atoms with van der Waals surface area (Å²) in [4.78, 5) is 11.3. The van der Waals surface area contributed by atoms with Gasteiger partial charge in [-0.05, 0) is 36.6 Å². The molecule has 0 spiro atoms. The van der Waals surface area contributed by atoms with E-state index >= 15 is 0 Å². The van der Waals surface area contributed by atoms with Gasteiger partial charge in [0.05, 0.1) is 5.56 Å². The molecule has 0 aromatic heterocycles. The van der Waals surface area contributed by atoms with E-state index in [0.717, 1.165) is 24.8 Å². The molecule has 2 N–H and O–H groups in total. The third-order valence-corrected chi connectivity index (χ3v) is 6.62. The molecule has 3 nitrogen and oxygen atoms in total. The maximum absolute atomic E-state index is 11.3. The highest BCUT2D eigenvalue weighted by Crippen LogP contribution is 2.20. The van der Waals surface area contributed by atoms with E-state index < -0.39 is 5.97 Å². The third kappa shape index (κ3) is 15.3. The lowest BCUT2D eigenvalue weighted by molar-refractivity contribution is 0.0695. The number of benzene rings is 1. The van der Waals surface area contributed by atoms with Crippen LogP contribution in [0.4, 0.5) is 0 Å². The second-order valence-corrected chi connectivity index (χ2v) is 9.61. The number of phenols is 1. The van der Waals surface area contributed by atoms with E-state index in [2.05, 4.69) is 6.92 Å². The molecule has 0 fully saturated rings. The predicted molar refractivity (Wildman–Crippen MR) is 137 cm³/mol. The number of unbranched alkanes of at least 4 members (excludes halogenated alkanes) is 19. The molecule has 1 aromatic carbocycles. The number of aromatic carboxylic acids is 1. The average Bonchev–Trinajstić information content (AvgIpc) is 2.77. The molecule has 0 aliphatic rings. The van der Waals surface area contributed by atoms with Crippen molar-refractivity contribution in [2.75, 3.05) is 0 Å². The van der Waals surface area contributed by atoms with Gasteiger partial charge in [-0.1, -0.05) is 129 Å². The molecule has 1 rings (SSSR count). The van der Waals surface area contributed by atoms with Gasteiger partial charge in [-0.2, -0.15) is 0 Å². The van der Waals surface area contributed by atoms with Crippen LogP contribution in [0.5, 0.6) is 5.75 Å². The lowest BCUT2D eigenvalue weighted by Crippen LogP contribution is -2.02. The first-order valence-corrected chi connectivity index (χ1v) is 13.7. The first-order chi connectivity index (χ1) is 15.6. The first-order valence-electron chi connectivity index (χ1n) is 13.7. The number of aryl methyl sites for hydroxylation is 1. The van der Waals surface area contributed by atoms with E-state index in [4.69, 9.17) is 0 Å². The molecule has 0 saturated carbocycles.